The van der Waals surface area contributed by atoms with Crippen molar-refractivity contribution in [3.63, 3.8) is 0 Å². The molecule has 4 rings (SSSR count). The van der Waals surface area contributed by atoms with Gasteiger partial charge < -0.3 is 15.0 Å². The van der Waals surface area contributed by atoms with Crippen molar-refractivity contribution in [1.82, 2.24) is 5.32 Å². The Balaban J connectivity index is 1.46. The molecule has 2 aromatic carbocycles. The highest BCUT2D eigenvalue weighted by molar-refractivity contribution is 9.10. The molecule has 1 N–H and O–H groups in total. The summed E-state index contributed by atoms with van der Waals surface area (Å²) in [6.45, 7) is 0.988. The summed E-state index contributed by atoms with van der Waals surface area (Å²) >= 11 is 3.43. The van der Waals surface area contributed by atoms with Gasteiger partial charge in [0.1, 0.15) is 5.75 Å². The average molecular weight is 415 g/mol. The van der Waals surface area contributed by atoms with E-state index in [4.69, 9.17) is 4.74 Å². The van der Waals surface area contributed by atoms with E-state index in [-0.39, 0.29) is 30.2 Å². The number of ether oxygens (including phenoxy) is 1. The smallest absolute Gasteiger partial charge is 0.227 e. The van der Waals surface area contributed by atoms with Gasteiger partial charge in [0.05, 0.1) is 18.6 Å². The Labute approximate surface area is 160 Å². The van der Waals surface area contributed by atoms with Gasteiger partial charge in [-0.15, -0.1) is 0 Å². The van der Waals surface area contributed by atoms with Crippen LogP contribution in [0, 0.1) is 5.92 Å². The fraction of sp³-hybridized carbons (Fsp3) is 0.300. The van der Waals surface area contributed by atoms with E-state index in [0.717, 1.165) is 27.9 Å². The Kier molecular flexibility index (Phi) is 4.68. The van der Waals surface area contributed by atoms with Crippen LogP contribution in [0.5, 0.6) is 5.75 Å². The molecule has 2 unspecified atom stereocenters. The highest BCUT2D eigenvalue weighted by Gasteiger charge is 2.36. The fourth-order valence-electron chi connectivity index (χ4n) is 3.56. The number of rotatable bonds is 3. The standard InChI is InChI=1S/C20H19BrN2O3/c21-14-4-3-5-15(11-14)23-12-13(10-19(23)24)20(25)22-17-8-9-26-18-7-2-1-6-16(17)18/h1-7,11,13,17H,8-10,12H2,(H,22,25). The summed E-state index contributed by atoms with van der Waals surface area (Å²) in [7, 11) is 0. The van der Waals surface area contributed by atoms with Crippen LogP contribution in [0.3, 0.4) is 0 Å². The summed E-state index contributed by atoms with van der Waals surface area (Å²) in [5.41, 5.74) is 1.82. The van der Waals surface area contributed by atoms with Crippen LogP contribution >= 0.6 is 15.9 Å². The van der Waals surface area contributed by atoms with Crippen LogP contribution in [-0.4, -0.2) is 25.0 Å². The molecule has 0 saturated carbocycles. The number of carbonyl (C=O) groups excluding carboxylic acids is 2. The molecule has 2 aliphatic heterocycles. The Hall–Kier alpha value is -2.34. The van der Waals surface area contributed by atoms with Crippen LogP contribution in [0.2, 0.25) is 0 Å². The number of nitrogens with one attached hydrogen (secondary N) is 1. The lowest BCUT2D eigenvalue weighted by Gasteiger charge is -2.27. The van der Waals surface area contributed by atoms with Crippen molar-refractivity contribution in [3.05, 3.63) is 58.6 Å². The minimum absolute atomic E-state index is 0.0179. The number of amides is 2. The first kappa shape index (κ1) is 17.1. The van der Waals surface area contributed by atoms with Crippen LogP contribution in [0.25, 0.3) is 0 Å². The van der Waals surface area contributed by atoms with E-state index in [1.165, 1.54) is 0 Å². The Morgan fingerprint density at radius 1 is 1.19 bits per heavy atom. The van der Waals surface area contributed by atoms with Crippen LogP contribution in [0.15, 0.2) is 53.0 Å². The molecule has 0 aromatic heterocycles. The quantitative estimate of drug-likeness (QED) is 0.836. The highest BCUT2D eigenvalue weighted by Crippen LogP contribution is 2.33. The number of carbonyl (C=O) groups is 2. The van der Waals surface area contributed by atoms with Gasteiger partial charge in [-0.05, 0) is 24.3 Å². The van der Waals surface area contributed by atoms with E-state index in [0.29, 0.717) is 13.2 Å². The lowest BCUT2D eigenvalue weighted by Crippen LogP contribution is -2.37. The second kappa shape index (κ2) is 7.11. The molecule has 1 fully saturated rings. The van der Waals surface area contributed by atoms with Crippen molar-refractivity contribution >= 4 is 33.4 Å². The zero-order valence-corrected chi connectivity index (χ0v) is 15.7. The number of hydrogen-bond donors (Lipinski definition) is 1. The first-order valence-corrected chi connectivity index (χ1v) is 9.49. The van der Waals surface area contributed by atoms with E-state index in [9.17, 15) is 9.59 Å². The van der Waals surface area contributed by atoms with Crippen molar-refractivity contribution in [3.8, 4) is 5.75 Å². The number of halogens is 1. The number of para-hydroxylation sites is 1. The maximum atomic E-state index is 12.8. The summed E-state index contributed by atoms with van der Waals surface area (Å²) in [5.74, 6) is 0.395. The van der Waals surface area contributed by atoms with E-state index >= 15 is 0 Å². The first-order valence-electron chi connectivity index (χ1n) is 8.70. The normalized spacial score (nSPS) is 21.9. The van der Waals surface area contributed by atoms with Crippen LogP contribution in [-0.2, 0) is 9.59 Å². The zero-order valence-electron chi connectivity index (χ0n) is 14.2. The van der Waals surface area contributed by atoms with E-state index in [1.54, 1.807) is 4.90 Å². The van der Waals surface area contributed by atoms with Gasteiger partial charge in [0.25, 0.3) is 0 Å². The molecule has 5 nitrogen and oxygen atoms in total. The van der Waals surface area contributed by atoms with Crippen molar-refractivity contribution < 1.29 is 14.3 Å². The molecule has 134 valence electrons. The molecule has 0 spiro atoms. The van der Waals surface area contributed by atoms with Crippen LogP contribution in [0.4, 0.5) is 5.69 Å². The Morgan fingerprint density at radius 2 is 2.04 bits per heavy atom. The summed E-state index contributed by atoms with van der Waals surface area (Å²) in [6.07, 6.45) is 0.974. The van der Waals surface area contributed by atoms with Gasteiger partial charge in [-0.25, -0.2) is 0 Å². The lowest BCUT2D eigenvalue weighted by molar-refractivity contribution is -0.127. The molecule has 0 bridgehead atoms. The molecule has 26 heavy (non-hydrogen) atoms. The van der Waals surface area contributed by atoms with Gasteiger partial charge >= 0.3 is 0 Å². The molecule has 2 aliphatic rings. The minimum Gasteiger partial charge on any atom is -0.493 e. The van der Waals surface area contributed by atoms with Gasteiger partial charge in [-0.3, -0.25) is 9.59 Å². The van der Waals surface area contributed by atoms with Gasteiger partial charge in [0.2, 0.25) is 11.8 Å². The summed E-state index contributed by atoms with van der Waals surface area (Å²) in [5, 5.41) is 3.11. The van der Waals surface area contributed by atoms with Crippen molar-refractivity contribution in [2.24, 2.45) is 5.92 Å². The highest BCUT2D eigenvalue weighted by atomic mass is 79.9. The summed E-state index contributed by atoms with van der Waals surface area (Å²) < 4.78 is 6.56. The number of benzene rings is 2. The Morgan fingerprint density at radius 3 is 2.88 bits per heavy atom. The van der Waals surface area contributed by atoms with Gasteiger partial charge in [0.15, 0.2) is 0 Å². The molecule has 2 amide bonds. The molecular weight excluding hydrogens is 396 g/mol. The maximum Gasteiger partial charge on any atom is 0.227 e. The van der Waals surface area contributed by atoms with Crippen LogP contribution in [0.1, 0.15) is 24.4 Å². The van der Waals surface area contributed by atoms with Gasteiger partial charge in [-0.1, -0.05) is 40.2 Å². The molecule has 6 heteroatoms. The summed E-state index contributed by atoms with van der Waals surface area (Å²) in [6, 6.07) is 15.3. The largest absolute Gasteiger partial charge is 0.493 e. The van der Waals surface area contributed by atoms with Crippen molar-refractivity contribution in [2.45, 2.75) is 18.9 Å². The number of nitrogens with zero attached hydrogens (tertiary/aromatic N) is 1. The molecule has 0 aliphatic carbocycles. The predicted octanol–water partition coefficient (Wildman–Crippen LogP) is 3.44. The molecule has 1 saturated heterocycles. The molecule has 2 heterocycles. The molecular formula is C20H19BrN2O3. The number of anilines is 1. The van der Waals surface area contributed by atoms with E-state index < -0.39 is 0 Å². The first-order chi connectivity index (χ1) is 12.6. The molecule has 0 radical (unpaired) electrons. The summed E-state index contributed by atoms with van der Waals surface area (Å²) in [4.78, 5) is 26.9. The van der Waals surface area contributed by atoms with Crippen LogP contribution < -0.4 is 15.0 Å². The second-order valence-corrected chi connectivity index (χ2v) is 7.54. The fourth-order valence-corrected chi connectivity index (χ4v) is 3.95. The topological polar surface area (TPSA) is 58.6 Å². The Bertz CT molecular complexity index is 854. The van der Waals surface area contributed by atoms with Crippen molar-refractivity contribution in [2.75, 3.05) is 18.1 Å². The second-order valence-electron chi connectivity index (χ2n) is 6.62. The predicted molar refractivity (Wildman–Crippen MR) is 102 cm³/mol. The van der Waals surface area contributed by atoms with Crippen molar-refractivity contribution in [1.29, 1.82) is 0 Å². The number of fused-ring (bicyclic) bond motifs is 1. The number of hydrogen-bond acceptors (Lipinski definition) is 3. The zero-order chi connectivity index (χ0) is 18.1. The van der Waals surface area contributed by atoms with E-state index in [1.807, 2.05) is 48.5 Å². The third-order valence-electron chi connectivity index (χ3n) is 4.89. The maximum absolute atomic E-state index is 12.8. The SMILES string of the molecule is O=C(NC1CCOc2ccccc21)C1CC(=O)N(c2cccc(Br)c2)C1. The average Bonchev–Trinajstić information content (AvgIpc) is 3.04. The molecule has 2 atom stereocenters. The third-order valence-corrected chi connectivity index (χ3v) is 5.38. The molecule has 2 aromatic rings. The minimum atomic E-state index is -0.337. The monoisotopic (exact) mass is 414 g/mol. The third kappa shape index (κ3) is 3.33. The van der Waals surface area contributed by atoms with Gasteiger partial charge in [-0.2, -0.15) is 0 Å². The lowest BCUT2D eigenvalue weighted by atomic mass is 9.99. The van der Waals surface area contributed by atoms with E-state index in [2.05, 4.69) is 21.2 Å². The van der Waals surface area contributed by atoms with Gasteiger partial charge in [0, 0.05) is 35.1 Å².